The molecule has 7 aromatic carbocycles. The predicted octanol–water partition coefficient (Wildman–Crippen LogP) is 9.64. The number of hydrogen-bond donors (Lipinski definition) is 2. The highest BCUT2D eigenvalue weighted by molar-refractivity contribution is 6.30. The van der Waals surface area contributed by atoms with E-state index in [1.54, 1.807) is 0 Å². The second-order valence-electron chi connectivity index (χ2n) is 9.84. The highest BCUT2D eigenvalue weighted by atomic mass is 14.8. The molecule has 2 N–H and O–H groups in total. The van der Waals surface area contributed by atoms with Crippen molar-refractivity contribution in [3.63, 3.8) is 0 Å². The Kier molecular flexibility index (Phi) is 4.18. The maximum Gasteiger partial charge on any atom is 0.0471 e. The van der Waals surface area contributed by atoms with Crippen LogP contribution in [0.15, 0.2) is 115 Å². The average molecular weight is 473 g/mol. The number of rotatable bonds is 2. The Morgan fingerprint density at radius 3 is 1.89 bits per heavy atom. The zero-order valence-electron chi connectivity index (χ0n) is 20.5. The molecule has 1 heterocycles. The zero-order valence-corrected chi connectivity index (χ0v) is 20.5. The summed E-state index contributed by atoms with van der Waals surface area (Å²) in [5.74, 6) is 0. The van der Waals surface area contributed by atoms with Gasteiger partial charge in [0.05, 0.1) is 0 Å². The normalized spacial score (nSPS) is 11.9. The summed E-state index contributed by atoms with van der Waals surface area (Å²) in [5, 5.41) is 16.3. The molecular formula is C35H24N2. The molecular weight excluding hydrogens is 448 g/mol. The Labute approximate surface area is 214 Å². The van der Waals surface area contributed by atoms with Crippen molar-refractivity contribution in [2.24, 2.45) is 0 Å². The van der Waals surface area contributed by atoms with Crippen molar-refractivity contribution in [1.82, 2.24) is 4.98 Å². The SMILES string of the molecule is CNc1ccc2c(ccc3c2ccc2[nH]c4ccc5ccccc5c4c23)c1-c1cccc2ccccc12. The molecule has 8 rings (SSSR count). The van der Waals surface area contributed by atoms with Gasteiger partial charge >= 0.3 is 0 Å². The summed E-state index contributed by atoms with van der Waals surface area (Å²) in [6.07, 6.45) is 0. The largest absolute Gasteiger partial charge is 0.388 e. The highest BCUT2D eigenvalue weighted by Gasteiger charge is 2.16. The lowest BCUT2D eigenvalue weighted by Crippen LogP contribution is -1.94. The molecule has 0 unspecified atom stereocenters. The molecule has 0 aliphatic carbocycles. The zero-order chi connectivity index (χ0) is 24.5. The van der Waals surface area contributed by atoms with Gasteiger partial charge in [-0.25, -0.2) is 0 Å². The minimum absolute atomic E-state index is 1.14. The molecule has 1 aromatic heterocycles. The van der Waals surface area contributed by atoms with Crippen molar-refractivity contribution < 1.29 is 0 Å². The smallest absolute Gasteiger partial charge is 0.0471 e. The van der Waals surface area contributed by atoms with E-state index < -0.39 is 0 Å². The van der Waals surface area contributed by atoms with Crippen LogP contribution in [0, 0.1) is 0 Å². The standard InChI is InChI=1S/C35H24N2/c1-36-30-19-16-25-26-17-20-32-35(34-24-11-5-3-8-22(24)13-18-31(34)37-32)29(26)15-14-28(25)33(30)27-12-6-9-21-7-2-4-10-23(21)27/h2-20,36-37H,1H3. The fourth-order valence-corrected chi connectivity index (χ4v) is 6.33. The molecule has 0 amide bonds. The van der Waals surface area contributed by atoms with Gasteiger partial charge in [0.15, 0.2) is 0 Å². The van der Waals surface area contributed by atoms with Crippen molar-refractivity contribution in [2.75, 3.05) is 12.4 Å². The van der Waals surface area contributed by atoms with Crippen molar-refractivity contribution in [1.29, 1.82) is 0 Å². The minimum atomic E-state index is 1.14. The van der Waals surface area contributed by atoms with Crippen LogP contribution >= 0.6 is 0 Å². The first-order valence-corrected chi connectivity index (χ1v) is 12.8. The summed E-state index contributed by atoms with van der Waals surface area (Å²) >= 11 is 0. The van der Waals surface area contributed by atoms with Crippen LogP contribution < -0.4 is 5.32 Å². The molecule has 0 aliphatic heterocycles. The molecule has 0 fully saturated rings. The summed E-state index contributed by atoms with van der Waals surface area (Å²) in [6, 6.07) is 42.0. The predicted molar refractivity (Wildman–Crippen MR) is 161 cm³/mol. The first kappa shape index (κ1) is 20.4. The Morgan fingerprint density at radius 1 is 0.459 bits per heavy atom. The van der Waals surface area contributed by atoms with Crippen LogP contribution in [0.2, 0.25) is 0 Å². The molecule has 2 heteroatoms. The lowest BCUT2D eigenvalue weighted by atomic mass is 9.89. The van der Waals surface area contributed by atoms with E-state index in [-0.39, 0.29) is 0 Å². The monoisotopic (exact) mass is 472 g/mol. The highest BCUT2D eigenvalue weighted by Crippen LogP contribution is 2.43. The number of fused-ring (bicyclic) bond motifs is 10. The lowest BCUT2D eigenvalue weighted by Gasteiger charge is -2.17. The number of benzene rings is 7. The molecule has 8 aromatic rings. The molecule has 0 aliphatic rings. The van der Waals surface area contributed by atoms with E-state index in [1.165, 1.54) is 76.0 Å². The summed E-state index contributed by atoms with van der Waals surface area (Å²) in [4.78, 5) is 3.68. The van der Waals surface area contributed by atoms with Crippen LogP contribution in [-0.2, 0) is 0 Å². The number of aromatic amines is 1. The van der Waals surface area contributed by atoms with Crippen LogP contribution in [0.4, 0.5) is 5.69 Å². The van der Waals surface area contributed by atoms with Gasteiger partial charge in [0, 0.05) is 40.1 Å². The van der Waals surface area contributed by atoms with Crippen molar-refractivity contribution in [2.45, 2.75) is 0 Å². The minimum Gasteiger partial charge on any atom is -0.388 e. The van der Waals surface area contributed by atoms with Crippen molar-refractivity contribution in [3.05, 3.63) is 115 Å². The van der Waals surface area contributed by atoms with E-state index in [9.17, 15) is 0 Å². The Bertz CT molecular complexity index is 2180. The second kappa shape index (κ2) is 7.59. The van der Waals surface area contributed by atoms with Gasteiger partial charge in [0.1, 0.15) is 0 Å². The third-order valence-electron chi connectivity index (χ3n) is 7.97. The lowest BCUT2D eigenvalue weighted by molar-refractivity contribution is 1.53. The van der Waals surface area contributed by atoms with Gasteiger partial charge in [-0.2, -0.15) is 0 Å². The number of aromatic nitrogens is 1. The Balaban J connectivity index is 1.53. The number of H-pyrrole nitrogens is 1. The van der Waals surface area contributed by atoms with Crippen LogP contribution in [0.25, 0.3) is 76.0 Å². The van der Waals surface area contributed by atoms with Crippen molar-refractivity contribution >= 4 is 70.6 Å². The molecule has 0 atom stereocenters. The van der Waals surface area contributed by atoms with Gasteiger partial charge in [-0.1, -0.05) is 97.1 Å². The average Bonchev–Trinajstić information content (AvgIpc) is 3.36. The number of nitrogens with one attached hydrogen (secondary N) is 2. The van der Waals surface area contributed by atoms with Crippen LogP contribution in [0.1, 0.15) is 0 Å². The Hall–Kier alpha value is -4.82. The van der Waals surface area contributed by atoms with Gasteiger partial charge in [-0.3, -0.25) is 0 Å². The van der Waals surface area contributed by atoms with Crippen LogP contribution in [0.3, 0.4) is 0 Å². The van der Waals surface area contributed by atoms with E-state index >= 15 is 0 Å². The van der Waals surface area contributed by atoms with Crippen LogP contribution in [0.5, 0.6) is 0 Å². The van der Waals surface area contributed by atoms with E-state index in [4.69, 9.17) is 0 Å². The number of anilines is 1. The summed E-state index contributed by atoms with van der Waals surface area (Å²) < 4.78 is 0. The molecule has 37 heavy (non-hydrogen) atoms. The fraction of sp³-hybridized carbons (Fsp3) is 0.0286. The summed E-state index contributed by atoms with van der Waals surface area (Å²) in [7, 11) is 2.01. The van der Waals surface area contributed by atoms with E-state index in [2.05, 4.69) is 126 Å². The molecule has 2 nitrogen and oxygen atoms in total. The Morgan fingerprint density at radius 2 is 1.05 bits per heavy atom. The molecule has 0 spiro atoms. The van der Waals surface area contributed by atoms with Gasteiger partial charge < -0.3 is 10.3 Å². The first-order chi connectivity index (χ1) is 18.3. The molecule has 174 valence electrons. The third kappa shape index (κ3) is 2.81. The molecule has 0 saturated carbocycles. The van der Waals surface area contributed by atoms with E-state index in [0.29, 0.717) is 0 Å². The molecule has 0 saturated heterocycles. The van der Waals surface area contributed by atoms with Crippen molar-refractivity contribution in [3.8, 4) is 11.1 Å². The van der Waals surface area contributed by atoms with Gasteiger partial charge in [-0.15, -0.1) is 0 Å². The van der Waals surface area contributed by atoms with Crippen LogP contribution in [-0.4, -0.2) is 12.0 Å². The summed E-state index contributed by atoms with van der Waals surface area (Å²) in [5.41, 5.74) is 6.01. The second-order valence-corrected chi connectivity index (χ2v) is 9.84. The maximum atomic E-state index is 3.68. The fourth-order valence-electron chi connectivity index (χ4n) is 6.33. The summed E-state index contributed by atoms with van der Waals surface area (Å²) in [6.45, 7) is 0. The van der Waals surface area contributed by atoms with E-state index in [1.807, 2.05) is 7.05 Å². The maximum absolute atomic E-state index is 3.68. The quantitative estimate of drug-likeness (QED) is 0.241. The van der Waals surface area contributed by atoms with Gasteiger partial charge in [0.2, 0.25) is 0 Å². The van der Waals surface area contributed by atoms with Gasteiger partial charge in [-0.05, 0) is 66.9 Å². The van der Waals surface area contributed by atoms with E-state index in [0.717, 1.165) is 5.69 Å². The topological polar surface area (TPSA) is 27.8 Å². The van der Waals surface area contributed by atoms with Gasteiger partial charge in [0.25, 0.3) is 0 Å². The molecule has 0 bridgehead atoms. The third-order valence-corrected chi connectivity index (χ3v) is 7.97. The number of hydrogen-bond acceptors (Lipinski definition) is 1. The molecule has 0 radical (unpaired) electrons. The first-order valence-electron chi connectivity index (χ1n) is 12.8.